The normalized spacial score (nSPS) is 24.0. The molecule has 0 aliphatic heterocycles. The van der Waals surface area contributed by atoms with Gasteiger partial charge < -0.3 is 15.2 Å². The van der Waals surface area contributed by atoms with Crippen LogP contribution in [0.4, 0.5) is 0 Å². The van der Waals surface area contributed by atoms with E-state index in [1.165, 1.54) is 18.6 Å². The Morgan fingerprint density at radius 1 is 1.35 bits per heavy atom. The Labute approximate surface area is 144 Å². The Morgan fingerprint density at radius 2 is 2.09 bits per heavy atom. The summed E-state index contributed by atoms with van der Waals surface area (Å²) in [4.78, 5) is 23.9. The molecule has 3 atom stereocenters. The summed E-state index contributed by atoms with van der Waals surface area (Å²) in [7, 11) is 0. The summed E-state index contributed by atoms with van der Waals surface area (Å²) < 4.78 is 5.65. The molecule has 1 aromatic rings. The van der Waals surface area contributed by atoms with E-state index in [2.05, 4.69) is 35.1 Å². The number of benzene rings is 1. The van der Waals surface area contributed by atoms with Crippen molar-refractivity contribution in [3.8, 4) is 5.75 Å². The third-order valence-corrected chi connectivity index (χ3v) is 5.06. The van der Waals surface area contributed by atoms with Gasteiger partial charge >= 0.3 is 5.97 Å². The van der Waals surface area contributed by atoms with Gasteiger partial charge in [-0.25, -0.2) is 4.79 Å². The van der Waals surface area contributed by atoms with Crippen LogP contribution in [0, 0.1) is 11.8 Å². The van der Waals surface area contributed by atoms with E-state index >= 15 is 0 Å². The fraction of sp³-hybridized carbons (Fsp3) is 0.529. The van der Waals surface area contributed by atoms with Gasteiger partial charge in [0.15, 0.2) is 6.61 Å². The van der Waals surface area contributed by atoms with Gasteiger partial charge in [0, 0.05) is 10.5 Å². The summed E-state index contributed by atoms with van der Waals surface area (Å²) in [6, 6.07) is 4.60. The largest absolute Gasteiger partial charge is 0.507 e. The van der Waals surface area contributed by atoms with Crippen molar-refractivity contribution in [2.75, 3.05) is 6.61 Å². The number of carbonyl (C=O) groups is 2. The second-order valence-electron chi connectivity index (χ2n) is 6.18. The molecule has 2 N–H and O–H groups in total. The number of phenolic OH excluding ortho intramolecular Hbond substituents is 1. The number of phenols is 1. The number of nitrogens with one attached hydrogen (secondary N) is 1. The van der Waals surface area contributed by atoms with Crippen molar-refractivity contribution in [3.05, 3.63) is 28.2 Å². The molecule has 0 heterocycles. The zero-order valence-corrected chi connectivity index (χ0v) is 14.9. The van der Waals surface area contributed by atoms with E-state index in [4.69, 9.17) is 4.74 Å². The van der Waals surface area contributed by atoms with Crippen LogP contribution in [0.2, 0.25) is 0 Å². The highest BCUT2D eigenvalue weighted by molar-refractivity contribution is 9.10. The van der Waals surface area contributed by atoms with Crippen molar-refractivity contribution in [1.29, 1.82) is 0 Å². The van der Waals surface area contributed by atoms with Gasteiger partial charge in [0.1, 0.15) is 11.3 Å². The van der Waals surface area contributed by atoms with Crippen molar-refractivity contribution >= 4 is 27.8 Å². The number of hydrogen-bond acceptors (Lipinski definition) is 4. The fourth-order valence-corrected chi connectivity index (χ4v) is 3.28. The third kappa shape index (κ3) is 4.70. The molecule has 0 unspecified atom stereocenters. The van der Waals surface area contributed by atoms with Crippen LogP contribution in [-0.2, 0) is 9.53 Å². The van der Waals surface area contributed by atoms with Crippen LogP contribution >= 0.6 is 15.9 Å². The molecule has 0 aromatic heterocycles. The van der Waals surface area contributed by atoms with Crippen molar-refractivity contribution in [2.45, 2.75) is 39.2 Å². The van der Waals surface area contributed by atoms with E-state index in [-0.39, 0.29) is 29.9 Å². The van der Waals surface area contributed by atoms with Gasteiger partial charge in [-0.3, -0.25) is 4.79 Å². The first-order valence-electron chi connectivity index (χ1n) is 7.83. The first kappa shape index (κ1) is 17.8. The van der Waals surface area contributed by atoms with Gasteiger partial charge in [-0.1, -0.05) is 42.6 Å². The average molecular weight is 384 g/mol. The lowest BCUT2D eigenvalue weighted by Crippen LogP contribution is -2.45. The van der Waals surface area contributed by atoms with Crippen LogP contribution in [0.1, 0.15) is 43.5 Å². The molecule has 126 valence electrons. The van der Waals surface area contributed by atoms with E-state index < -0.39 is 5.97 Å². The maximum absolute atomic E-state index is 12.0. The van der Waals surface area contributed by atoms with E-state index in [1.54, 1.807) is 6.07 Å². The highest BCUT2D eigenvalue weighted by Gasteiger charge is 2.28. The highest BCUT2D eigenvalue weighted by Crippen LogP contribution is 2.29. The predicted octanol–water partition coefficient (Wildman–Crippen LogP) is 3.25. The number of esters is 1. The van der Waals surface area contributed by atoms with Crippen molar-refractivity contribution < 1.29 is 19.4 Å². The number of aromatic hydroxyl groups is 1. The van der Waals surface area contributed by atoms with Crippen LogP contribution in [-0.4, -0.2) is 29.6 Å². The minimum atomic E-state index is -0.719. The second kappa shape index (κ2) is 7.81. The van der Waals surface area contributed by atoms with Gasteiger partial charge in [-0.05, 0) is 36.5 Å². The van der Waals surface area contributed by atoms with Crippen molar-refractivity contribution in [3.63, 3.8) is 0 Å². The van der Waals surface area contributed by atoms with E-state index in [0.717, 1.165) is 12.8 Å². The van der Waals surface area contributed by atoms with Crippen molar-refractivity contribution in [1.82, 2.24) is 5.32 Å². The maximum Gasteiger partial charge on any atom is 0.342 e. The number of amides is 1. The first-order chi connectivity index (χ1) is 10.9. The Bertz CT molecular complexity index is 590. The lowest BCUT2D eigenvalue weighted by Gasteiger charge is -2.34. The first-order valence-corrected chi connectivity index (χ1v) is 8.62. The Balaban J connectivity index is 1.86. The minimum Gasteiger partial charge on any atom is -0.507 e. The smallest absolute Gasteiger partial charge is 0.342 e. The van der Waals surface area contributed by atoms with E-state index in [9.17, 15) is 14.7 Å². The number of carbonyl (C=O) groups excluding carboxylic acids is 2. The number of halogens is 1. The summed E-state index contributed by atoms with van der Waals surface area (Å²) in [5.41, 5.74) is 0.0341. The molecule has 0 saturated heterocycles. The molecule has 2 rings (SSSR count). The van der Waals surface area contributed by atoms with Crippen LogP contribution < -0.4 is 5.32 Å². The Morgan fingerprint density at radius 3 is 2.83 bits per heavy atom. The predicted molar refractivity (Wildman–Crippen MR) is 90.2 cm³/mol. The molecule has 6 heteroatoms. The third-order valence-electron chi connectivity index (χ3n) is 4.57. The maximum atomic E-state index is 12.0. The highest BCUT2D eigenvalue weighted by atomic mass is 79.9. The lowest BCUT2D eigenvalue weighted by molar-refractivity contribution is -0.125. The molecule has 5 nitrogen and oxygen atoms in total. The summed E-state index contributed by atoms with van der Waals surface area (Å²) in [6.07, 6.45) is 3.24. The molecule has 1 saturated carbocycles. The van der Waals surface area contributed by atoms with Crippen LogP contribution in [0.5, 0.6) is 5.75 Å². The molecule has 1 aliphatic rings. The van der Waals surface area contributed by atoms with Crippen molar-refractivity contribution in [2.24, 2.45) is 11.8 Å². The fourth-order valence-electron chi connectivity index (χ4n) is 2.91. The van der Waals surface area contributed by atoms with Gasteiger partial charge in [-0.15, -0.1) is 0 Å². The molecule has 23 heavy (non-hydrogen) atoms. The summed E-state index contributed by atoms with van der Waals surface area (Å²) >= 11 is 3.22. The lowest BCUT2D eigenvalue weighted by atomic mass is 9.78. The van der Waals surface area contributed by atoms with Crippen LogP contribution in [0.3, 0.4) is 0 Å². The van der Waals surface area contributed by atoms with Gasteiger partial charge in [0.2, 0.25) is 0 Å². The quantitative estimate of drug-likeness (QED) is 0.782. The second-order valence-corrected chi connectivity index (χ2v) is 7.09. The monoisotopic (exact) mass is 383 g/mol. The van der Waals surface area contributed by atoms with Crippen LogP contribution in [0.25, 0.3) is 0 Å². The molecular formula is C17H22BrNO4. The van der Waals surface area contributed by atoms with Gasteiger partial charge in [-0.2, -0.15) is 0 Å². The molecule has 1 aromatic carbocycles. The van der Waals surface area contributed by atoms with Crippen LogP contribution in [0.15, 0.2) is 22.7 Å². The number of hydrogen-bond donors (Lipinski definition) is 2. The molecule has 0 radical (unpaired) electrons. The summed E-state index contributed by atoms with van der Waals surface area (Å²) in [5, 5.41) is 12.6. The Kier molecular flexibility index (Phi) is 6.04. The van der Waals surface area contributed by atoms with Gasteiger partial charge in [0.25, 0.3) is 5.91 Å². The number of ether oxygens (including phenoxy) is 1. The van der Waals surface area contributed by atoms with Gasteiger partial charge in [0.05, 0.1) is 0 Å². The molecule has 1 aliphatic carbocycles. The topological polar surface area (TPSA) is 75.6 Å². The molecule has 1 amide bonds. The summed E-state index contributed by atoms with van der Waals surface area (Å²) in [6.45, 7) is 3.99. The zero-order chi connectivity index (χ0) is 17.0. The molecule has 1 fully saturated rings. The standard InChI is InChI=1S/C17H22BrNO4/c1-10-4-3-5-14(11(10)2)19-16(21)9-23-17(22)13-8-12(18)6-7-15(13)20/h6-8,10-11,14,20H,3-5,9H2,1-2H3,(H,19,21)/t10-,11-,14-/m1/s1. The van der Waals surface area contributed by atoms with E-state index in [0.29, 0.717) is 16.3 Å². The Hall–Kier alpha value is -1.56. The molecule has 0 bridgehead atoms. The van der Waals surface area contributed by atoms with E-state index in [1.807, 2.05) is 0 Å². The average Bonchev–Trinajstić information content (AvgIpc) is 2.52. The minimum absolute atomic E-state index is 0.0341. The summed E-state index contributed by atoms with van der Waals surface area (Å²) in [5.74, 6) is -0.205. The molecule has 0 spiro atoms. The molecular weight excluding hydrogens is 362 g/mol. The zero-order valence-electron chi connectivity index (χ0n) is 13.3. The number of rotatable bonds is 4. The SMILES string of the molecule is C[C@@H]1[C@H](C)CCC[C@H]1NC(=O)COC(=O)c1cc(Br)ccc1O.